The molecule has 3 aromatic carbocycles. The lowest BCUT2D eigenvalue weighted by atomic mass is 10.1. The number of sulfonamides is 1. The summed E-state index contributed by atoms with van der Waals surface area (Å²) in [6, 6.07) is 17.6. The van der Waals surface area contributed by atoms with E-state index in [1.165, 1.54) is 23.5 Å². The van der Waals surface area contributed by atoms with Gasteiger partial charge in [-0.1, -0.05) is 47.6 Å². The number of primary sulfonamides is 1. The van der Waals surface area contributed by atoms with E-state index in [-0.39, 0.29) is 11.4 Å². The number of terminal acetylenes is 1. The highest BCUT2D eigenvalue weighted by molar-refractivity contribution is 7.89. The summed E-state index contributed by atoms with van der Waals surface area (Å²) < 4.78 is 25.6. The van der Waals surface area contributed by atoms with Crippen molar-refractivity contribution < 1.29 is 13.2 Å². The fourth-order valence-corrected chi connectivity index (χ4v) is 4.72. The molecule has 1 amide bonds. The topological polar surface area (TPSA) is 94.5 Å². The van der Waals surface area contributed by atoms with Crippen molar-refractivity contribution in [1.29, 1.82) is 0 Å². The zero-order valence-corrected chi connectivity index (χ0v) is 16.7. The molecule has 0 spiro atoms. The Bertz CT molecular complexity index is 1490. The Kier molecular flexibility index (Phi) is 4.80. The molecule has 144 valence electrons. The van der Waals surface area contributed by atoms with Crippen LogP contribution in [0.15, 0.2) is 70.6 Å². The molecule has 8 heteroatoms. The maximum Gasteiger partial charge on any atom is 0.279 e. The van der Waals surface area contributed by atoms with Gasteiger partial charge in [-0.2, -0.15) is 4.99 Å². The number of amides is 1. The summed E-state index contributed by atoms with van der Waals surface area (Å²) in [4.78, 5) is 17.4. The van der Waals surface area contributed by atoms with E-state index in [4.69, 9.17) is 11.6 Å². The van der Waals surface area contributed by atoms with Crippen LogP contribution in [0.25, 0.3) is 21.0 Å². The van der Waals surface area contributed by atoms with Crippen LogP contribution in [0, 0.1) is 12.3 Å². The van der Waals surface area contributed by atoms with Gasteiger partial charge in [-0.15, -0.1) is 6.42 Å². The van der Waals surface area contributed by atoms with Gasteiger partial charge in [0.2, 0.25) is 10.0 Å². The zero-order chi connectivity index (χ0) is 20.6. The third-order valence-electron chi connectivity index (χ3n) is 4.43. The fraction of sp³-hybridized carbons (Fsp3) is 0.0476. The summed E-state index contributed by atoms with van der Waals surface area (Å²) in [5.41, 5.74) is 1.14. The van der Waals surface area contributed by atoms with Crippen LogP contribution in [-0.4, -0.2) is 18.9 Å². The van der Waals surface area contributed by atoms with Gasteiger partial charge >= 0.3 is 0 Å². The fourth-order valence-electron chi connectivity index (χ4n) is 3.03. The van der Waals surface area contributed by atoms with Crippen molar-refractivity contribution in [3.63, 3.8) is 0 Å². The molecule has 0 atom stereocenters. The number of hydrogen-bond donors (Lipinski definition) is 1. The van der Waals surface area contributed by atoms with Crippen molar-refractivity contribution in [2.24, 2.45) is 10.1 Å². The second kappa shape index (κ2) is 7.29. The van der Waals surface area contributed by atoms with Crippen LogP contribution in [0.3, 0.4) is 0 Å². The largest absolute Gasteiger partial charge is 0.305 e. The summed E-state index contributed by atoms with van der Waals surface area (Å²) >= 11 is 1.18. The van der Waals surface area contributed by atoms with Gasteiger partial charge in [0, 0.05) is 5.56 Å². The normalized spacial score (nSPS) is 12.3. The minimum Gasteiger partial charge on any atom is -0.305 e. The molecule has 0 aliphatic heterocycles. The molecule has 6 nitrogen and oxygen atoms in total. The van der Waals surface area contributed by atoms with Crippen molar-refractivity contribution in [1.82, 2.24) is 4.57 Å². The number of carbonyl (C=O) groups is 1. The van der Waals surface area contributed by atoms with Crippen LogP contribution in [-0.2, 0) is 16.6 Å². The molecule has 0 aliphatic rings. The smallest absolute Gasteiger partial charge is 0.279 e. The lowest BCUT2D eigenvalue weighted by Crippen LogP contribution is -2.16. The lowest BCUT2D eigenvalue weighted by Gasteiger charge is -2.02. The van der Waals surface area contributed by atoms with Gasteiger partial charge in [-0.3, -0.25) is 4.79 Å². The number of thiazole rings is 1. The van der Waals surface area contributed by atoms with E-state index >= 15 is 0 Å². The quantitative estimate of drug-likeness (QED) is 0.515. The molecule has 0 bridgehead atoms. The first-order valence-electron chi connectivity index (χ1n) is 8.54. The van der Waals surface area contributed by atoms with Gasteiger partial charge in [-0.05, 0) is 41.1 Å². The second-order valence-corrected chi connectivity index (χ2v) is 8.90. The van der Waals surface area contributed by atoms with E-state index < -0.39 is 15.9 Å². The summed E-state index contributed by atoms with van der Waals surface area (Å²) in [5.74, 6) is 2.14. The van der Waals surface area contributed by atoms with E-state index in [0.29, 0.717) is 20.6 Å². The number of rotatable bonds is 3. The van der Waals surface area contributed by atoms with Crippen LogP contribution < -0.4 is 9.94 Å². The van der Waals surface area contributed by atoms with Crippen molar-refractivity contribution >= 4 is 48.3 Å². The first-order chi connectivity index (χ1) is 13.9. The van der Waals surface area contributed by atoms with Crippen LogP contribution in [0.4, 0.5) is 0 Å². The van der Waals surface area contributed by atoms with Gasteiger partial charge in [0.05, 0.1) is 21.7 Å². The Balaban J connectivity index is 1.86. The molecule has 0 fully saturated rings. The zero-order valence-electron chi connectivity index (χ0n) is 15.1. The minimum atomic E-state index is -3.84. The van der Waals surface area contributed by atoms with Crippen LogP contribution in [0.1, 0.15) is 10.4 Å². The predicted octanol–water partition coefficient (Wildman–Crippen LogP) is 2.88. The monoisotopic (exact) mass is 421 g/mol. The molecular weight excluding hydrogens is 406 g/mol. The number of hydrogen-bond acceptors (Lipinski definition) is 4. The van der Waals surface area contributed by atoms with Gasteiger partial charge < -0.3 is 4.57 Å². The van der Waals surface area contributed by atoms with Gasteiger partial charge in [-0.25, -0.2) is 13.6 Å². The SMILES string of the molecule is C#CCn1c(=NC(=O)c2ccc3ccccc3c2)sc2cc(S(N)(=O)=O)ccc21. The maximum atomic E-state index is 12.8. The van der Waals surface area contributed by atoms with Crippen LogP contribution >= 0.6 is 11.3 Å². The van der Waals surface area contributed by atoms with E-state index in [1.807, 2.05) is 30.3 Å². The number of benzene rings is 3. The Labute approximate surface area is 171 Å². The molecular formula is C21H15N3O3S2. The first-order valence-corrected chi connectivity index (χ1v) is 10.9. The van der Waals surface area contributed by atoms with E-state index in [2.05, 4.69) is 10.9 Å². The van der Waals surface area contributed by atoms with Crippen molar-refractivity contribution in [2.75, 3.05) is 0 Å². The molecule has 0 unspecified atom stereocenters. The highest BCUT2D eigenvalue weighted by atomic mass is 32.2. The number of fused-ring (bicyclic) bond motifs is 2. The number of nitrogens with zero attached hydrogens (tertiary/aromatic N) is 2. The average molecular weight is 422 g/mol. The molecule has 4 rings (SSSR count). The summed E-state index contributed by atoms with van der Waals surface area (Å²) in [5, 5.41) is 7.19. The lowest BCUT2D eigenvalue weighted by molar-refractivity contribution is 0.0998. The Hall–Kier alpha value is -3.25. The Morgan fingerprint density at radius 1 is 1.10 bits per heavy atom. The molecule has 1 aromatic heterocycles. The van der Waals surface area contributed by atoms with Crippen molar-refractivity contribution in [3.8, 4) is 12.3 Å². The van der Waals surface area contributed by atoms with E-state index in [1.54, 1.807) is 22.8 Å². The Morgan fingerprint density at radius 2 is 1.86 bits per heavy atom. The molecule has 2 N–H and O–H groups in total. The van der Waals surface area contributed by atoms with E-state index in [0.717, 1.165) is 10.8 Å². The standard InChI is InChI=1S/C21H15N3O3S2/c1-2-11-24-18-10-9-17(29(22,26)27)13-19(18)28-21(24)23-20(25)16-8-7-14-5-3-4-6-15(14)12-16/h1,3-10,12-13H,11H2,(H2,22,26,27). The molecule has 4 aromatic rings. The molecule has 0 radical (unpaired) electrons. The van der Waals surface area contributed by atoms with Gasteiger partial charge in [0.25, 0.3) is 5.91 Å². The van der Waals surface area contributed by atoms with E-state index in [9.17, 15) is 13.2 Å². The molecule has 0 saturated carbocycles. The highest BCUT2D eigenvalue weighted by Gasteiger charge is 2.13. The van der Waals surface area contributed by atoms with Crippen LogP contribution in [0.2, 0.25) is 0 Å². The van der Waals surface area contributed by atoms with Gasteiger partial charge in [0.15, 0.2) is 4.80 Å². The third kappa shape index (κ3) is 3.71. The summed E-state index contributed by atoms with van der Waals surface area (Å²) in [7, 11) is -3.84. The van der Waals surface area contributed by atoms with Crippen molar-refractivity contribution in [2.45, 2.75) is 11.4 Å². The number of carbonyl (C=O) groups excluding carboxylic acids is 1. The summed E-state index contributed by atoms with van der Waals surface area (Å²) in [6.45, 7) is 0.193. The number of nitrogens with two attached hydrogens (primary N) is 1. The highest BCUT2D eigenvalue weighted by Crippen LogP contribution is 2.22. The van der Waals surface area contributed by atoms with Crippen LogP contribution in [0.5, 0.6) is 0 Å². The number of aromatic nitrogens is 1. The minimum absolute atomic E-state index is 0.00786. The predicted molar refractivity (Wildman–Crippen MR) is 114 cm³/mol. The molecule has 29 heavy (non-hydrogen) atoms. The first kappa shape index (κ1) is 19.1. The summed E-state index contributed by atoms with van der Waals surface area (Å²) in [6.07, 6.45) is 5.47. The Morgan fingerprint density at radius 3 is 2.59 bits per heavy atom. The molecule has 0 aliphatic carbocycles. The molecule has 0 saturated heterocycles. The second-order valence-electron chi connectivity index (χ2n) is 6.33. The van der Waals surface area contributed by atoms with Gasteiger partial charge in [0.1, 0.15) is 0 Å². The molecule has 1 heterocycles. The van der Waals surface area contributed by atoms with Crippen molar-refractivity contribution in [3.05, 3.63) is 71.0 Å². The third-order valence-corrected chi connectivity index (χ3v) is 6.38. The average Bonchev–Trinajstić information content (AvgIpc) is 3.03. The maximum absolute atomic E-state index is 12.8.